The maximum Gasteiger partial charge on any atom is 0.416 e. The van der Waals surface area contributed by atoms with Crippen LogP contribution in [0.3, 0.4) is 0 Å². The third kappa shape index (κ3) is 4.53. The van der Waals surface area contributed by atoms with Gasteiger partial charge in [0.25, 0.3) is 0 Å². The number of aliphatic carboxylic acids is 1. The minimum absolute atomic E-state index is 0.444. The van der Waals surface area contributed by atoms with Crippen LogP contribution in [0.5, 0.6) is 0 Å². The van der Waals surface area contributed by atoms with E-state index < -0.39 is 45.4 Å². The van der Waals surface area contributed by atoms with Crippen molar-refractivity contribution >= 4 is 48.5 Å². The number of carboxylic acid groups (broad SMARTS) is 1. The summed E-state index contributed by atoms with van der Waals surface area (Å²) in [6, 6.07) is 8.72. The second-order valence-corrected chi connectivity index (χ2v) is 11.4. The highest BCUT2D eigenvalue weighted by molar-refractivity contribution is 7.84. The van der Waals surface area contributed by atoms with Crippen molar-refractivity contribution in [2.24, 2.45) is 0 Å². The summed E-state index contributed by atoms with van der Waals surface area (Å²) in [6.45, 7) is 6.86. The zero-order chi connectivity index (χ0) is 22.5. The monoisotopic (exact) mass is 456 g/mol. The van der Waals surface area contributed by atoms with E-state index in [0.29, 0.717) is 21.0 Å². The number of hydrogen-bond acceptors (Lipinski definition) is 4. The molecule has 0 aliphatic carbocycles. The van der Waals surface area contributed by atoms with Crippen molar-refractivity contribution in [1.29, 1.82) is 0 Å². The highest BCUT2D eigenvalue weighted by atomic mass is 32.2. The topological polar surface area (TPSA) is 69.2 Å². The van der Waals surface area contributed by atoms with Gasteiger partial charge in [-0.1, -0.05) is 6.07 Å². The Morgan fingerprint density at radius 2 is 1.50 bits per heavy atom. The second-order valence-electron chi connectivity index (χ2n) is 8.39. The number of hydrogen-bond donors (Lipinski definition) is 1. The summed E-state index contributed by atoms with van der Waals surface area (Å²) in [5, 5.41) is 12.5. The normalized spacial score (nSPS) is 16.0. The smallest absolute Gasteiger partial charge is 0.416 e. The summed E-state index contributed by atoms with van der Waals surface area (Å²) in [5.41, 5.74) is -1.47. The van der Waals surface area contributed by atoms with Crippen LogP contribution in [-0.2, 0) is 27.5 Å². The molecule has 4 nitrogen and oxygen atoms in total. The van der Waals surface area contributed by atoms with Crippen LogP contribution in [0.4, 0.5) is 13.2 Å². The number of carbonyl (C=O) groups excluding carboxylic acids is 1. The Morgan fingerprint density at radius 1 is 1.00 bits per heavy atom. The first kappa shape index (κ1) is 22.7. The Balaban J connectivity index is 2.17. The lowest BCUT2D eigenvalue weighted by Gasteiger charge is -2.34. The fraction of sp³-hybridized carbons (Fsp3) is 0.381. The molecule has 1 N–H and O–H groups in total. The Hall–Kier alpha value is -1.97. The van der Waals surface area contributed by atoms with E-state index in [4.69, 9.17) is 0 Å². The van der Waals surface area contributed by atoms with Crippen LogP contribution in [0, 0.1) is 0 Å². The van der Waals surface area contributed by atoms with Gasteiger partial charge in [-0.2, -0.15) is 13.2 Å². The quantitative estimate of drug-likeness (QED) is 0.616. The minimum Gasteiger partial charge on any atom is -0.550 e. The van der Waals surface area contributed by atoms with Crippen LogP contribution in [0.2, 0.25) is 0 Å². The van der Waals surface area contributed by atoms with E-state index in [2.05, 4.69) is 4.72 Å². The molecule has 0 fully saturated rings. The molecule has 0 radical (unpaired) electrons. The van der Waals surface area contributed by atoms with E-state index in [1.165, 1.54) is 17.4 Å². The van der Waals surface area contributed by atoms with Crippen molar-refractivity contribution in [3.63, 3.8) is 0 Å². The third-order valence-electron chi connectivity index (χ3n) is 4.81. The van der Waals surface area contributed by atoms with Gasteiger partial charge in [0, 0.05) is 32.6 Å². The molecule has 162 valence electrons. The van der Waals surface area contributed by atoms with Gasteiger partial charge in [-0.3, -0.25) is 0 Å². The van der Waals surface area contributed by atoms with Gasteiger partial charge in [-0.15, -0.1) is 11.3 Å². The predicted octanol–water partition coefficient (Wildman–Crippen LogP) is 4.48. The molecule has 0 amide bonds. The minimum atomic E-state index is -4.46. The standard InChI is InChI=1S/C21H22F3NO3S2/c1-19(2,3)30(28)25-20(4,11-18(26)27)12-5-7-16-14(9-12)15-10-13(21(22,23)24)6-8-17(15)29-16/h5-10,25H,11H2,1-4H3,(H,26,27)/p-1/t20?,30-/m1/s1. The number of benzene rings is 2. The molecule has 0 spiro atoms. The fourth-order valence-corrected chi connectivity index (χ4v) is 5.11. The van der Waals surface area contributed by atoms with E-state index in [1.807, 2.05) is 0 Å². The van der Waals surface area contributed by atoms with Crippen LogP contribution in [0.25, 0.3) is 20.2 Å². The summed E-state index contributed by atoms with van der Waals surface area (Å²) >= 11 is 1.36. The van der Waals surface area contributed by atoms with E-state index in [0.717, 1.165) is 16.8 Å². The number of fused-ring (bicyclic) bond motifs is 3. The molecule has 30 heavy (non-hydrogen) atoms. The summed E-state index contributed by atoms with van der Waals surface area (Å²) in [6.07, 6.45) is -4.91. The van der Waals surface area contributed by atoms with Crippen LogP contribution in [-0.4, -0.2) is 14.9 Å². The SMILES string of the molecule is CC(CC(=O)[O-])(N[S@](=O)C(C)(C)C)c1ccc2sc3ccc(C(F)(F)F)cc3c2c1. The summed E-state index contributed by atoms with van der Waals surface area (Å²) < 4.78 is 55.9. The summed E-state index contributed by atoms with van der Waals surface area (Å²) in [4.78, 5) is 11.4. The van der Waals surface area contributed by atoms with Crippen LogP contribution < -0.4 is 9.83 Å². The third-order valence-corrected chi connectivity index (χ3v) is 7.71. The lowest BCUT2D eigenvalue weighted by atomic mass is 9.89. The molecular weight excluding hydrogens is 435 g/mol. The number of halogens is 3. The number of thiophene rings is 1. The molecule has 0 aliphatic heterocycles. The maximum absolute atomic E-state index is 13.2. The van der Waals surface area contributed by atoms with Crippen LogP contribution in [0.1, 0.15) is 45.2 Å². The van der Waals surface area contributed by atoms with E-state index >= 15 is 0 Å². The maximum atomic E-state index is 13.2. The molecule has 2 aromatic carbocycles. The Morgan fingerprint density at radius 3 is 1.97 bits per heavy atom. The lowest BCUT2D eigenvalue weighted by Crippen LogP contribution is -2.49. The van der Waals surface area contributed by atoms with Gasteiger partial charge in [-0.05, 0) is 63.6 Å². The van der Waals surface area contributed by atoms with Crippen LogP contribution in [0.15, 0.2) is 36.4 Å². The first-order chi connectivity index (χ1) is 13.7. The molecule has 2 atom stereocenters. The molecule has 3 rings (SSSR count). The van der Waals surface area contributed by atoms with Gasteiger partial charge in [0.2, 0.25) is 0 Å². The Labute approximate surface area is 178 Å². The van der Waals surface area contributed by atoms with E-state index in [-0.39, 0.29) is 0 Å². The Bertz CT molecular complexity index is 1150. The van der Waals surface area contributed by atoms with Gasteiger partial charge in [0.05, 0.1) is 26.8 Å². The zero-order valence-corrected chi connectivity index (χ0v) is 18.5. The average molecular weight is 457 g/mol. The molecule has 0 bridgehead atoms. The van der Waals surface area contributed by atoms with Gasteiger partial charge < -0.3 is 9.90 Å². The number of rotatable bonds is 5. The van der Waals surface area contributed by atoms with Gasteiger partial charge in [0.1, 0.15) is 0 Å². The molecule has 0 aliphatic rings. The van der Waals surface area contributed by atoms with Crippen molar-refractivity contribution in [3.05, 3.63) is 47.5 Å². The molecule has 3 aromatic rings. The van der Waals surface area contributed by atoms with Crippen molar-refractivity contribution in [3.8, 4) is 0 Å². The second kappa shape index (κ2) is 7.62. The van der Waals surface area contributed by atoms with Gasteiger partial charge >= 0.3 is 6.18 Å². The summed E-state index contributed by atoms with van der Waals surface area (Å²) in [5.74, 6) is -1.33. The highest BCUT2D eigenvalue weighted by Gasteiger charge is 2.34. The average Bonchev–Trinajstić information content (AvgIpc) is 2.96. The number of carboxylic acids is 1. The molecule has 1 heterocycles. The molecule has 0 saturated heterocycles. The van der Waals surface area contributed by atoms with Crippen molar-refractivity contribution in [2.75, 3.05) is 0 Å². The zero-order valence-electron chi connectivity index (χ0n) is 16.8. The lowest BCUT2D eigenvalue weighted by molar-refractivity contribution is -0.307. The van der Waals surface area contributed by atoms with E-state index in [9.17, 15) is 27.3 Å². The largest absolute Gasteiger partial charge is 0.550 e. The van der Waals surface area contributed by atoms with Crippen LogP contribution >= 0.6 is 11.3 Å². The number of alkyl halides is 3. The predicted molar refractivity (Wildman–Crippen MR) is 112 cm³/mol. The molecule has 1 aromatic heterocycles. The molecule has 9 heteroatoms. The first-order valence-corrected chi connectivity index (χ1v) is 11.1. The summed E-state index contributed by atoms with van der Waals surface area (Å²) in [7, 11) is -1.58. The molecule has 0 saturated carbocycles. The van der Waals surface area contributed by atoms with Crippen molar-refractivity contribution in [1.82, 2.24) is 4.72 Å². The van der Waals surface area contributed by atoms with Gasteiger partial charge in [-0.25, -0.2) is 8.93 Å². The first-order valence-electron chi connectivity index (χ1n) is 9.14. The number of nitrogens with one attached hydrogen (secondary N) is 1. The van der Waals surface area contributed by atoms with E-state index in [1.54, 1.807) is 45.9 Å². The fourth-order valence-electron chi connectivity index (χ4n) is 3.14. The van der Waals surface area contributed by atoms with Crippen molar-refractivity contribution in [2.45, 2.75) is 50.6 Å². The van der Waals surface area contributed by atoms with Gasteiger partial charge in [0.15, 0.2) is 0 Å². The molecular formula is C21H21F3NO3S2-. The number of carbonyl (C=O) groups is 1. The molecule has 1 unspecified atom stereocenters. The highest BCUT2D eigenvalue weighted by Crippen LogP contribution is 2.40. The van der Waals surface area contributed by atoms with Crippen molar-refractivity contribution < 1.29 is 27.3 Å². The Kier molecular flexibility index (Phi) is 5.77.